The molecule has 0 aliphatic carbocycles. The van der Waals surface area contributed by atoms with E-state index in [4.69, 9.17) is 0 Å². The molecule has 0 spiro atoms. The Morgan fingerprint density at radius 1 is 1.41 bits per heavy atom. The largest absolute Gasteiger partial charge is 0.330 e. The third kappa shape index (κ3) is 3.23. The quantitative estimate of drug-likeness (QED) is 0.582. The first kappa shape index (κ1) is 14.5. The monoisotopic (exact) mass is 312 g/mol. The Balaban J connectivity index is 1.61. The number of carbonyl (C=O) groups is 1. The fourth-order valence-corrected chi connectivity index (χ4v) is 2.75. The van der Waals surface area contributed by atoms with Crippen molar-refractivity contribution in [2.75, 3.05) is 0 Å². The summed E-state index contributed by atoms with van der Waals surface area (Å²) in [6.45, 7) is 2.45. The second-order valence-electron chi connectivity index (χ2n) is 5.04. The van der Waals surface area contributed by atoms with Gasteiger partial charge in [0.15, 0.2) is 0 Å². The molecule has 1 atom stereocenters. The van der Waals surface area contributed by atoms with Crippen LogP contribution in [0.3, 0.4) is 0 Å². The van der Waals surface area contributed by atoms with Crippen LogP contribution in [0.2, 0.25) is 0 Å². The van der Waals surface area contributed by atoms with Crippen LogP contribution in [0.15, 0.2) is 53.2 Å². The number of hydrazone groups is 1. The smallest absolute Gasteiger partial charge is 0.244 e. The zero-order chi connectivity index (χ0) is 15.4. The van der Waals surface area contributed by atoms with Crippen molar-refractivity contribution in [2.45, 2.75) is 13.5 Å². The van der Waals surface area contributed by atoms with Crippen LogP contribution < -0.4 is 5.43 Å². The number of imidazole rings is 1. The molecule has 1 aromatic carbocycles. The van der Waals surface area contributed by atoms with E-state index in [0.717, 1.165) is 15.9 Å². The van der Waals surface area contributed by atoms with E-state index in [2.05, 4.69) is 15.5 Å². The molecule has 1 N–H and O–H groups in total. The second-order valence-corrected chi connectivity index (χ2v) is 6.02. The fourth-order valence-electron chi connectivity index (χ4n) is 2.17. The Kier molecular flexibility index (Phi) is 4.29. The third-order valence-electron chi connectivity index (χ3n) is 3.36. The number of hydrogen-bond donors (Lipinski definition) is 1. The van der Waals surface area contributed by atoms with Gasteiger partial charge in [-0.05, 0) is 23.6 Å². The molecule has 3 aromatic rings. The van der Waals surface area contributed by atoms with E-state index in [1.165, 1.54) is 0 Å². The zero-order valence-corrected chi connectivity index (χ0v) is 13.0. The van der Waals surface area contributed by atoms with Crippen LogP contribution in [0.25, 0.3) is 11.0 Å². The van der Waals surface area contributed by atoms with Crippen molar-refractivity contribution in [1.82, 2.24) is 15.0 Å². The maximum atomic E-state index is 12.1. The van der Waals surface area contributed by atoms with Gasteiger partial charge in [-0.3, -0.25) is 4.79 Å². The van der Waals surface area contributed by atoms with E-state index in [1.54, 1.807) is 23.9 Å². The summed E-state index contributed by atoms with van der Waals surface area (Å²) >= 11 is 1.58. The Morgan fingerprint density at radius 2 is 2.27 bits per heavy atom. The van der Waals surface area contributed by atoms with Crippen molar-refractivity contribution < 1.29 is 4.79 Å². The van der Waals surface area contributed by atoms with Crippen molar-refractivity contribution in [3.8, 4) is 0 Å². The van der Waals surface area contributed by atoms with Crippen LogP contribution >= 0.6 is 11.3 Å². The molecule has 6 heteroatoms. The SMILES string of the molecule is CC(Cn1cnc2ccccc21)C(=O)NN=Cc1cccs1. The number of fused-ring (bicyclic) bond motifs is 1. The van der Waals surface area contributed by atoms with Gasteiger partial charge < -0.3 is 4.57 Å². The van der Waals surface area contributed by atoms with Crippen LogP contribution in [0.1, 0.15) is 11.8 Å². The van der Waals surface area contributed by atoms with Gasteiger partial charge in [0.2, 0.25) is 5.91 Å². The summed E-state index contributed by atoms with van der Waals surface area (Å²) in [7, 11) is 0. The standard InChI is InChI=1S/C16H16N4OS/c1-12(16(21)19-18-9-13-5-4-8-22-13)10-20-11-17-14-6-2-3-7-15(14)20/h2-9,11-12H,10H2,1H3,(H,19,21). The number of hydrogen-bond acceptors (Lipinski definition) is 4. The minimum Gasteiger partial charge on any atom is -0.330 e. The third-order valence-corrected chi connectivity index (χ3v) is 4.16. The van der Waals surface area contributed by atoms with Crippen molar-refractivity contribution in [3.63, 3.8) is 0 Å². The first-order valence-corrected chi connectivity index (χ1v) is 7.88. The summed E-state index contributed by atoms with van der Waals surface area (Å²) in [5, 5.41) is 5.96. The number of benzene rings is 1. The highest BCUT2D eigenvalue weighted by Crippen LogP contribution is 2.13. The predicted octanol–water partition coefficient (Wildman–Crippen LogP) is 2.88. The maximum Gasteiger partial charge on any atom is 0.244 e. The van der Waals surface area contributed by atoms with Crippen LogP contribution in [-0.2, 0) is 11.3 Å². The average Bonchev–Trinajstić information content (AvgIpc) is 3.17. The van der Waals surface area contributed by atoms with Crippen LogP contribution in [0.5, 0.6) is 0 Å². The van der Waals surface area contributed by atoms with Gasteiger partial charge in [-0.15, -0.1) is 11.3 Å². The molecular formula is C16H16N4OS. The van der Waals surface area contributed by atoms with Crippen molar-refractivity contribution in [2.24, 2.45) is 11.0 Å². The second kappa shape index (κ2) is 6.53. The van der Waals surface area contributed by atoms with Gasteiger partial charge in [-0.1, -0.05) is 25.1 Å². The summed E-state index contributed by atoms with van der Waals surface area (Å²) < 4.78 is 1.99. The van der Waals surface area contributed by atoms with E-state index in [0.29, 0.717) is 6.54 Å². The topological polar surface area (TPSA) is 59.3 Å². The van der Waals surface area contributed by atoms with Gasteiger partial charge >= 0.3 is 0 Å². The van der Waals surface area contributed by atoms with Gasteiger partial charge in [0, 0.05) is 11.4 Å². The molecule has 112 valence electrons. The van der Waals surface area contributed by atoms with Crippen LogP contribution in [0.4, 0.5) is 0 Å². The summed E-state index contributed by atoms with van der Waals surface area (Å²) in [4.78, 5) is 17.4. The molecule has 0 fully saturated rings. The van der Waals surface area contributed by atoms with E-state index < -0.39 is 0 Å². The first-order valence-electron chi connectivity index (χ1n) is 7.00. The number of nitrogens with one attached hydrogen (secondary N) is 1. The molecule has 3 rings (SSSR count). The number of thiophene rings is 1. The van der Waals surface area contributed by atoms with Crippen molar-refractivity contribution >= 4 is 34.5 Å². The van der Waals surface area contributed by atoms with Gasteiger partial charge in [0.05, 0.1) is 29.5 Å². The fraction of sp³-hybridized carbons (Fsp3) is 0.188. The van der Waals surface area contributed by atoms with Gasteiger partial charge in [0.1, 0.15) is 0 Å². The normalized spacial score (nSPS) is 12.8. The lowest BCUT2D eigenvalue weighted by Gasteiger charge is -2.11. The number of amides is 1. The molecular weight excluding hydrogens is 296 g/mol. The summed E-state index contributed by atoms with van der Waals surface area (Å²) in [5.41, 5.74) is 4.55. The lowest BCUT2D eigenvalue weighted by Crippen LogP contribution is -2.27. The van der Waals surface area contributed by atoms with Gasteiger partial charge in [0.25, 0.3) is 0 Å². The van der Waals surface area contributed by atoms with Gasteiger partial charge in [-0.25, -0.2) is 10.4 Å². The molecule has 1 unspecified atom stereocenters. The highest BCUT2D eigenvalue weighted by Gasteiger charge is 2.14. The molecule has 1 amide bonds. The number of carbonyl (C=O) groups excluding carboxylic acids is 1. The van der Waals surface area contributed by atoms with E-state index >= 15 is 0 Å². The summed E-state index contributed by atoms with van der Waals surface area (Å²) in [6.07, 6.45) is 3.42. The number of nitrogens with zero attached hydrogens (tertiary/aromatic N) is 3. The highest BCUT2D eigenvalue weighted by molar-refractivity contribution is 7.11. The molecule has 0 aliphatic heterocycles. The van der Waals surface area contributed by atoms with Crippen LogP contribution in [-0.4, -0.2) is 21.7 Å². The number of rotatable bonds is 5. The minimum atomic E-state index is -0.196. The lowest BCUT2D eigenvalue weighted by molar-refractivity contribution is -0.124. The molecule has 22 heavy (non-hydrogen) atoms. The van der Waals surface area contributed by atoms with Crippen LogP contribution in [0, 0.1) is 5.92 Å². The number of para-hydroxylation sites is 2. The summed E-state index contributed by atoms with van der Waals surface area (Å²) in [6, 6.07) is 11.8. The van der Waals surface area contributed by atoms with Crippen molar-refractivity contribution in [1.29, 1.82) is 0 Å². The number of aromatic nitrogens is 2. The van der Waals surface area contributed by atoms with Crippen molar-refractivity contribution in [3.05, 3.63) is 53.0 Å². The van der Waals surface area contributed by atoms with E-state index in [-0.39, 0.29) is 11.8 Å². The molecule has 2 heterocycles. The maximum absolute atomic E-state index is 12.1. The highest BCUT2D eigenvalue weighted by atomic mass is 32.1. The molecule has 0 radical (unpaired) electrons. The van der Waals surface area contributed by atoms with Gasteiger partial charge in [-0.2, -0.15) is 5.10 Å². The minimum absolute atomic E-state index is 0.106. The summed E-state index contributed by atoms with van der Waals surface area (Å²) in [5.74, 6) is -0.302. The predicted molar refractivity (Wildman–Crippen MR) is 89.0 cm³/mol. The molecule has 5 nitrogen and oxygen atoms in total. The Labute approximate surface area is 132 Å². The molecule has 0 saturated heterocycles. The zero-order valence-electron chi connectivity index (χ0n) is 12.1. The van der Waals surface area contributed by atoms with E-state index in [9.17, 15) is 4.79 Å². The molecule has 0 bridgehead atoms. The Bertz CT molecular complexity index is 791. The van der Waals surface area contributed by atoms with E-state index in [1.807, 2.05) is 53.3 Å². The first-order chi connectivity index (χ1) is 10.7. The lowest BCUT2D eigenvalue weighted by atomic mass is 10.1. The Hall–Kier alpha value is -2.47. The molecule has 0 saturated carbocycles. The Morgan fingerprint density at radius 3 is 3.09 bits per heavy atom. The molecule has 0 aliphatic rings. The average molecular weight is 312 g/mol. The molecule has 2 aromatic heterocycles.